The Bertz CT molecular complexity index is 115. The molecule has 0 aromatic carbocycles. The van der Waals surface area contributed by atoms with Crippen molar-refractivity contribution in [3.63, 3.8) is 0 Å². The van der Waals surface area contributed by atoms with E-state index in [1.807, 2.05) is 11.8 Å². The van der Waals surface area contributed by atoms with Gasteiger partial charge >= 0.3 is 0 Å². The van der Waals surface area contributed by atoms with Gasteiger partial charge in [-0.05, 0) is 43.7 Å². The summed E-state index contributed by atoms with van der Waals surface area (Å²) in [6.07, 6.45) is 9.24. The second kappa shape index (κ2) is 6.72. The summed E-state index contributed by atoms with van der Waals surface area (Å²) in [6.45, 7) is 3.45. The van der Waals surface area contributed by atoms with E-state index in [0.29, 0.717) is 0 Å². The second-order valence-corrected chi connectivity index (χ2v) is 5.10. The lowest BCUT2D eigenvalue weighted by Gasteiger charge is -2.17. The Labute approximate surface area is 87.1 Å². The summed E-state index contributed by atoms with van der Waals surface area (Å²) in [4.78, 5) is 0. The molecule has 1 fully saturated rings. The predicted molar refractivity (Wildman–Crippen MR) is 62.4 cm³/mol. The van der Waals surface area contributed by atoms with Crippen LogP contribution >= 0.6 is 11.8 Å². The zero-order chi connectivity index (χ0) is 9.52. The van der Waals surface area contributed by atoms with Crippen LogP contribution in [-0.4, -0.2) is 24.6 Å². The molecular weight excluding hydrogens is 178 g/mol. The molecule has 0 heterocycles. The Morgan fingerprint density at radius 2 is 2.23 bits per heavy atom. The molecule has 0 saturated heterocycles. The Kier molecular flexibility index (Phi) is 5.88. The predicted octanol–water partition coefficient (Wildman–Crippen LogP) is 2.91. The topological polar surface area (TPSA) is 12.0 Å². The van der Waals surface area contributed by atoms with Gasteiger partial charge in [0.1, 0.15) is 0 Å². The third kappa shape index (κ3) is 5.58. The van der Waals surface area contributed by atoms with Crippen LogP contribution in [0.3, 0.4) is 0 Å². The largest absolute Gasteiger partial charge is 0.314 e. The van der Waals surface area contributed by atoms with E-state index in [-0.39, 0.29) is 0 Å². The molecule has 0 radical (unpaired) electrons. The smallest absolute Gasteiger partial charge is 0.00775 e. The lowest BCUT2D eigenvalue weighted by molar-refractivity contribution is 0.449. The van der Waals surface area contributed by atoms with Crippen molar-refractivity contribution in [3.05, 3.63) is 0 Å². The van der Waals surface area contributed by atoms with E-state index >= 15 is 0 Å². The van der Waals surface area contributed by atoms with Crippen molar-refractivity contribution < 1.29 is 0 Å². The standard InChI is InChI=1S/C11H23NS/c1-3-7-12-11(6-8-13-2)9-10-4-5-10/h10-12H,3-9H2,1-2H3. The van der Waals surface area contributed by atoms with Gasteiger partial charge in [0.15, 0.2) is 0 Å². The molecule has 1 aliphatic rings. The fourth-order valence-corrected chi connectivity index (χ4v) is 2.19. The minimum atomic E-state index is 0.805. The SMILES string of the molecule is CCCNC(CCSC)CC1CC1. The molecule has 1 rings (SSSR count). The summed E-state index contributed by atoms with van der Waals surface area (Å²) in [5.41, 5.74) is 0. The van der Waals surface area contributed by atoms with Gasteiger partial charge in [0.25, 0.3) is 0 Å². The van der Waals surface area contributed by atoms with Gasteiger partial charge in [-0.2, -0.15) is 11.8 Å². The minimum Gasteiger partial charge on any atom is -0.314 e. The van der Waals surface area contributed by atoms with Gasteiger partial charge in [-0.3, -0.25) is 0 Å². The van der Waals surface area contributed by atoms with E-state index in [4.69, 9.17) is 0 Å². The first-order chi connectivity index (χ1) is 6.36. The summed E-state index contributed by atoms with van der Waals surface area (Å²) in [6, 6.07) is 0.805. The Hall–Kier alpha value is 0.310. The molecule has 0 spiro atoms. The summed E-state index contributed by atoms with van der Waals surface area (Å²) in [5.74, 6) is 2.38. The van der Waals surface area contributed by atoms with Crippen LogP contribution < -0.4 is 5.32 Å². The number of hydrogen-bond donors (Lipinski definition) is 1. The van der Waals surface area contributed by atoms with Gasteiger partial charge in [-0.15, -0.1) is 0 Å². The third-order valence-corrected chi connectivity index (χ3v) is 3.31. The molecule has 0 aromatic rings. The summed E-state index contributed by atoms with van der Waals surface area (Å²) >= 11 is 1.97. The van der Waals surface area contributed by atoms with E-state index in [9.17, 15) is 0 Å². The maximum Gasteiger partial charge on any atom is 0.00775 e. The highest BCUT2D eigenvalue weighted by molar-refractivity contribution is 7.98. The molecule has 0 amide bonds. The van der Waals surface area contributed by atoms with Crippen LogP contribution in [0.5, 0.6) is 0 Å². The Balaban J connectivity index is 2.08. The van der Waals surface area contributed by atoms with E-state index in [1.165, 1.54) is 44.4 Å². The van der Waals surface area contributed by atoms with Crippen molar-refractivity contribution in [2.75, 3.05) is 18.6 Å². The molecule has 0 aliphatic heterocycles. The summed E-state index contributed by atoms with van der Waals surface area (Å²) in [5, 5.41) is 3.66. The van der Waals surface area contributed by atoms with Crippen LogP contribution in [0.25, 0.3) is 0 Å². The van der Waals surface area contributed by atoms with Crippen molar-refractivity contribution in [1.29, 1.82) is 0 Å². The quantitative estimate of drug-likeness (QED) is 0.648. The molecule has 13 heavy (non-hydrogen) atoms. The highest BCUT2D eigenvalue weighted by Crippen LogP contribution is 2.34. The van der Waals surface area contributed by atoms with Gasteiger partial charge < -0.3 is 5.32 Å². The van der Waals surface area contributed by atoms with Crippen LogP contribution in [-0.2, 0) is 0 Å². The summed E-state index contributed by atoms with van der Waals surface area (Å²) < 4.78 is 0. The van der Waals surface area contributed by atoms with Gasteiger partial charge in [-0.1, -0.05) is 19.8 Å². The monoisotopic (exact) mass is 201 g/mol. The zero-order valence-electron chi connectivity index (χ0n) is 9.01. The van der Waals surface area contributed by atoms with Crippen LogP contribution in [0.1, 0.15) is 39.0 Å². The fraction of sp³-hybridized carbons (Fsp3) is 1.00. The van der Waals surface area contributed by atoms with Crippen molar-refractivity contribution in [2.45, 2.75) is 45.1 Å². The number of hydrogen-bond acceptors (Lipinski definition) is 2. The average molecular weight is 201 g/mol. The van der Waals surface area contributed by atoms with E-state index < -0.39 is 0 Å². The highest BCUT2D eigenvalue weighted by Gasteiger charge is 2.24. The first-order valence-electron chi connectivity index (χ1n) is 5.59. The molecule has 1 nitrogen and oxygen atoms in total. The van der Waals surface area contributed by atoms with Gasteiger partial charge in [0.2, 0.25) is 0 Å². The average Bonchev–Trinajstić information content (AvgIpc) is 2.93. The highest BCUT2D eigenvalue weighted by atomic mass is 32.2. The normalized spacial score (nSPS) is 18.9. The molecule has 2 heteroatoms. The molecule has 1 unspecified atom stereocenters. The zero-order valence-corrected chi connectivity index (χ0v) is 9.83. The Morgan fingerprint density at radius 1 is 1.46 bits per heavy atom. The number of thioether (sulfide) groups is 1. The minimum absolute atomic E-state index is 0.805. The lowest BCUT2D eigenvalue weighted by Crippen LogP contribution is -2.30. The van der Waals surface area contributed by atoms with Crippen molar-refractivity contribution in [3.8, 4) is 0 Å². The molecule has 1 aliphatic carbocycles. The molecule has 1 atom stereocenters. The number of nitrogens with one attached hydrogen (secondary N) is 1. The van der Waals surface area contributed by atoms with Crippen LogP contribution in [0.15, 0.2) is 0 Å². The lowest BCUT2D eigenvalue weighted by atomic mass is 10.1. The molecule has 1 N–H and O–H groups in total. The maximum absolute atomic E-state index is 3.66. The molecule has 0 bridgehead atoms. The fourth-order valence-electron chi connectivity index (χ4n) is 1.67. The maximum atomic E-state index is 3.66. The molecule has 78 valence electrons. The third-order valence-electron chi connectivity index (χ3n) is 2.67. The van der Waals surface area contributed by atoms with E-state index in [1.54, 1.807) is 0 Å². The van der Waals surface area contributed by atoms with Crippen molar-refractivity contribution in [2.24, 2.45) is 5.92 Å². The van der Waals surface area contributed by atoms with Gasteiger partial charge in [0, 0.05) is 6.04 Å². The van der Waals surface area contributed by atoms with Crippen LogP contribution in [0.2, 0.25) is 0 Å². The van der Waals surface area contributed by atoms with Crippen molar-refractivity contribution in [1.82, 2.24) is 5.32 Å². The Morgan fingerprint density at radius 3 is 2.77 bits per heavy atom. The van der Waals surface area contributed by atoms with Crippen molar-refractivity contribution >= 4 is 11.8 Å². The van der Waals surface area contributed by atoms with E-state index in [2.05, 4.69) is 18.5 Å². The molecule has 0 aromatic heterocycles. The second-order valence-electron chi connectivity index (χ2n) is 4.11. The number of rotatable bonds is 8. The van der Waals surface area contributed by atoms with Crippen LogP contribution in [0, 0.1) is 5.92 Å². The molecular formula is C11H23NS. The first-order valence-corrected chi connectivity index (χ1v) is 6.98. The summed E-state index contributed by atoms with van der Waals surface area (Å²) in [7, 11) is 0. The van der Waals surface area contributed by atoms with Crippen LogP contribution in [0.4, 0.5) is 0 Å². The van der Waals surface area contributed by atoms with E-state index in [0.717, 1.165) is 12.0 Å². The first kappa shape index (κ1) is 11.4. The van der Waals surface area contributed by atoms with Gasteiger partial charge in [-0.25, -0.2) is 0 Å². The molecule has 1 saturated carbocycles. The van der Waals surface area contributed by atoms with Gasteiger partial charge in [0.05, 0.1) is 0 Å².